The number of aromatic nitrogens is 2. The fourth-order valence-corrected chi connectivity index (χ4v) is 2.12. The molecule has 3 atom stereocenters. The molecular formula is C10H16N4O5. The summed E-state index contributed by atoms with van der Waals surface area (Å²) in [5, 5.41) is 19.9. The second kappa shape index (κ2) is 4.87. The molecular weight excluding hydrogens is 256 g/mol. The number of hydrogen-bond acceptors (Lipinski definition) is 7. The molecule has 0 spiro atoms. The number of hydrogen-bond donors (Lipinski definition) is 5. The Hall–Kier alpha value is -1.52. The molecule has 9 heteroatoms. The molecule has 0 amide bonds. The van der Waals surface area contributed by atoms with Crippen molar-refractivity contribution in [3.8, 4) is 0 Å². The van der Waals surface area contributed by atoms with Gasteiger partial charge in [-0.1, -0.05) is 0 Å². The van der Waals surface area contributed by atoms with Crippen molar-refractivity contribution in [2.24, 2.45) is 11.5 Å². The van der Waals surface area contributed by atoms with E-state index in [1.54, 1.807) is 0 Å². The Balaban J connectivity index is 2.42. The fraction of sp³-hybridized carbons (Fsp3) is 0.600. The zero-order chi connectivity index (χ0) is 14.2. The predicted molar refractivity (Wildman–Crippen MR) is 64.3 cm³/mol. The van der Waals surface area contributed by atoms with Crippen molar-refractivity contribution < 1.29 is 14.9 Å². The SMILES string of the molecule is NCC1(CN)O[C@@H](n2ccc(=O)[nH]c2=O)[C@H](O)[C@@H]1O. The third-order valence-corrected chi connectivity index (χ3v) is 3.33. The van der Waals surface area contributed by atoms with E-state index in [2.05, 4.69) is 0 Å². The summed E-state index contributed by atoms with van der Waals surface area (Å²) in [7, 11) is 0. The lowest BCUT2D eigenvalue weighted by Gasteiger charge is -2.28. The Morgan fingerprint density at radius 1 is 1.37 bits per heavy atom. The van der Waals surface area contributed by atoms with Crippen molar-refractivity contribution in [1.82, 2.24) is 9.55 Å². The zero-order valence-electron chi connectivity index (χ0n) is 10.0. The standard InChI is InChI=1S/C10H16N4O5/c11-3-10(4-12)7(17)6(16)8(19-10)14-2-1-5(15)13-9(14)18/h1-2,6-8,16-17H,3-4,11-12H2,(H,13,15,18)/t6-,7+,8-/m1/s1. The molecule has 0 unspecified atom stereocenters. The highest BCUT2D eigenvalue weighted by atomic mass is 16.6. The van der Waals surface area contributed by atoms with Crippen LogP contribution in [0.2, 0.25) is 0 Å². The molecule has 2 heterocycles. The van der Waals surface area contributed by atoms with Crippen molar-refractivity contribution >= 4 is 0 Å². The number of rotatable bonds is 3. The van der Waals surface area contributed by atoms with E-state index < -0.39 is 35.3 Å². The van der Waals surface area contributed by atoms with Crippen LogP contribution in [0.5, 0.6) is 0 Å². The maximum atomic E-state index is 11.6. The third-order valence-electron chi connectivity index (χ3n) is 3.33. The quantitative estimate of drug-likeness (QED) is 0.381. The van der Waals surface area contributed by atoms with Crippen LogP contribution in [0.25, 0.3) is 0 Å². The van der Waals surface area contributed by atoms with Crippen LogP contribution in [0.3, 0.4) is 0 Å². The van der Waals surface area contributed by atoms with Gasteiger partial charge in [0.2, 0.25) is 0 Å². The van der Waals surface area contributed by atoms with Gasteiger partial charge in [-0.25, -0.2) is 4.79 Å². The monoisotopic (exact) mass is 272 g/mol. The van der Waals surface area contributed by atoms with Gasteiger partial charge >= 0.3 is 5.69 Å². The molecule has 1 aliphatic heterocycles. The lowest BCUT2D eigenvalue weighted by atomic mass is 9.95. The van der Waals surface area contributed by atoms with Crippen molar-refractivity contribution in [2.45, 2.75) is 24.0 Å². The molecule has 0 radical (unpaired) electrons. The summed E-state index contributed by atoms with van der Waals surface area (Å²) in [6, 6.07) is 1.11. The van der Waals surface area contributed by atoms with Crippen LogP contribution < -0.4 is 22.7 Å². The summed E-state index contributed by atoms with van der Waals surface area (Å²) in [4.78, 5) is 24.7. The summed E-state index contributed by atoms with van der Waals surface area (Å²) < 4.78 is 6.44. The van der Waals surface area contributed by atoms with Gasteiger partial charge in [-0.05, 0) is 0 Å². The predicted octanol–water partition coefficient (Wildman–Crippen LogP) is -3.56. The maximum absolute atomic E-state index is 11.6. The van der Waals surface area contributed by atoms with E-state index in [4.69, 9.17) is 16.2 Å². The number of nitrogens with zero attached hydrogens (tertiary/aromatic N) is 1. The molecule has 0 bridgehead atoms. The first kappa shape index (κ1) is 13.9. The van der Waals surface area contributed by atoms with Gasteiger partial charge in [0.05, 0.1) is 0 Å². The van der Waals surface area contributed by atoms with Crippen LogP contribution in [-0.4, -0.2) is 50.7 Å². The second-order valence-corrected chi connectivity index (χ2v) is 4.43. The summed E-state index contributed by atoms with van der Waals surface area (Å²) in [5.74, 6) is 0. The van der Waals surface area contributed by atoms with Gasteiger partial charge in [0.15, 0.2) is 6.23 Å². The third kappa shape index (κ3) is 2.11. The van der Waals surface area contributed by atoms with E-state index in [0.717, 1.165) is 10.6 Å². The van der Waals surface area contributed by atoms with Gasteiger partial charge in [0, 0.05) is 25.4 Å². The summed E-state index contributed by atoms with van der Waals surface area (Å²) in [6.07, 6.45) is -2.70. The van der Waals surface area contributed by atoms with Gasteiger partial charge in [-0.3, -0.25) is 14.3 Å². The molecule has 7 N–H and O–H groups in total. The molecule has 19 heavy (non-hydrogen) atoms. The Morgan fingerprint density at radius 2 is 2.00 bits per heavy atom. The molecule has 1 saturated heterocycles. The van der Waals surface area contributed by atoms with E-state index in [-0.39, 0.29) is 13.1 Å². The zero-order valence-corrected chi connectivity index (χ0v) is 10.0. The summed E-state index contributed by atoms with van der Waals surface area (Å²) in [5.41, 5.74) is 8.38. The Kier molecular flexibility index (Phi) is 3.56. The lowest BCUT2D eigenvalue weighted by Crippen LogP contribution is -2.54. The molecule has 1 aromatic heterocycles. The minimum atomic E-state index is -1.38. The van der Waals surface area contributed by atoms with E-state index in [1.165, 1.54) is 6.20 Å². The molecule has 106 valence electrons. The number of aliphatic hydroxyl groups is 2. The van der Waals surface area contributed by atoms with Gasteiger partial charge in [-0.15, -0.1) is 0 Å². The van der Waals surface area contributed by atoms with Crippen LogP contribution in [0.1, 0.15) is 6.23 Å². The molecule has 1 aliphatic rings. The first-order chi connectivity index (χ1) is 8.95. The van der Waals surface area contributed by atoms with Gasteiger partial charge < -0.3 is 26.4 Å². The average Bonchev–Trinajstić information content (AvgIpc) is 2.64. The maximum Gasteiger partial charge on any atom is 0.330 e. The lowest BCUT2D eigenvalue weighted by molar-refractivity contribution is -0.0936. The first-order valence-electron chi connectivity index (χ1n) is 5.71. The largest absolute Gasteiger partial charge is 0.387 e. The van der Waals surface area contributed by atoms with Crippen molar-refractivity contribution in [3.05, 3.63) is 33.1 Å². The highest BCUT2D eigenvalue weighted by Crippen LogP contribution is 2.35. The van der Waals surface area contributed by atoms with Gasteiger partial charge in [0.1, 0.15) is 17.8 Å². The van der Waals surface area contributed by atoms with Crippen LogP contribution in [-0.2, 0) is 4.74 Å². The minimum Gasteiger partial charge on any atom is -0.387 e. The Morgan fingerprint density at radius 3 is 2.47 bits per heavy atom. The number of nitrogens with one attached hydrogen (secondary N) is 1. The smallest absolute Gasteiger partial charge is 0.330 e. The Labute approximate surface area is 107 Å². The normalized spacial score (nSPS) is 29.6. The van der Waals surface area contributed by atoms with E-state index in [0.29, 0.717) is 0 Å². The van der Waals surface area contributed by atoms with Crippen molar-refractivity contribution in [2.75, 3.05) is 13.1 Å². The topological polar surface area (TPSA) is 157 Å². The van der Waals surface area contributed by atoms with Gasteiger partial charge in [0.25, 0.3) is 5.56 Å². The minimum absolute atomic E-state index is 0.115. The van der Waals surface area contributed by atoms with Crippen LogP contribution >= 0.6 is 0 Å². The second-order valence-electron chi connectivity index (χ2n) is 4.43. The van der Waals surface area contributed by atoms with E-state index in [1.807, 2.05) is 4.98 Å². The number of H-pyrrole nitrogens is 1. The number of nitrogens with two attached hydrogens (primary N) is 2. The highest BCUT2D eigenvalue weighted by molar-refractivity contribution is 5.03. The number of ether oxygens (including phenoxy) is 1. The van der Waals surface area contributed by atoms with Gasteiger partial charge in [-0.2, -0.15) is 0 Å². The van der Waals surface area contributed by atoms with Crippen LogP contribution in [0.15, 0.2) is 21.9 Å². The van der Waals surface area contributed by atoms with Crippen LogP contribution in [0, 0.1) is 0 Å². The summed E-state index contributed by atoms with van der Waals surface area (Å²) >= 11 is 0. The molecule has 0 aromatic carbocycles. The fourth-order valence-electron chi connectivity index (χ4n) is 2.12. The van der Waals surface area contributed by atoms with Crippen LogP contribution in [0.4, 0.5) is 0 Å². The molecule has 1 aromatic rings. The average molecular weight is 272 g/mol. The van der Waals surface area contributed by atoms with Crippen molar-refractivity contribution in [3.63, 3.8) is 0 Å². The summed E-state index contributed by atoms with van der Waals surface area (Å²) in [6.45, 7) is -0.230. The van der Waals surface area contributed by atoms with E-state index >= 15 is 0 Å². The molecule has 2 rings (SSSR count). The molecule has 0 saturated carbocycles. The number of aliphatic hydroxyl groups excluding tert-OH is 2. The first-order valence-corrected chi connectivity index (χ1v) is 5.71. The molecule has 9 nitrogen and oxygen atoms in total. The number of aromatic amines is 1. The molecule has 0 aliphatic carbocycles. The molecule has 1 fully saturated rings. The Bertz CT molecular complexity index is 564. The van der Waals surface area contributed by atoms with Crippen molar-refractivity contribution in [1.29, 1.82) is 0 Å². The highest BCUT2D eigenvalue weighted by Gasteiger charge is 2.53. The van der Waals surface area contributed by atoms with E-state index in [9.17, 15) is 19.8 Å².